The summed E-state index contributed by atoms with van der Waals surface area (Å²) in [6.45, 7) is 1.57. The Kier molecular flexibility index (Phi) is 5.21. The maximum Gasteiger partial charge on any atom is 0.251 e. The number of amides is 1. The Bertz CT molecular complexity index is 778. The van der Waals surface area contributed by atoms with E-state index in [2.05, 4.69) is 10.2 Å². The van der Waals surface area contributed by atoms with Crippen molar-refractivity contribution in [3.8, 4) is 0 Å². The van der Waals surface area contributed by atoms with Gasteiger partial charge in [-0.25, -0.2) is 0 Å². The minimum atomic E-state index is 0.0287. The maximum absolute atomic E-state index is 12.1. The summed E-state index contributed by atoms with van der Waals surface area (Å²) in [7, 11) is 0. The largest absolute Gasteiger partial charge is 0.349 e. The van der Waals surface area contributed by atoms with Crippen molar-refractivity contribution in [2.75, 3.05) is 0 Å². The van der Waals surface area contributed by atoms with Crippen LogP contribution < -0.4 is 5.32 Å². The minimum Gasteiger partial charge on any atom is -0.349 e. The lowest BCUT2D eigenvalue weighted by Gasteiger charge is -2.23. The first-order valence-electron chi connectivity index (χ1n) is 9.17. The third kappa shape index (κ3) is 4.40. The average molecular weight is 389 g/mol. The van der Waals surface area contributed by atoms with Crippen LogP contribution in [0.1, 0.15) is 47.2 Å². The SMILES string of the molecule is O=C(NC1CC1)c1ccc(CN(Cc2c(Cl)cccc2Cl)C2CC2)cc1. The molecular formula is C21H22Cl2N2O. The van der Waals surface area contributed by atoms with Crippen LogP contribution in [-0.2, 0) is 13.1 Å². The molecule has 26 heavy (non-hydrogen) atoms. The molecule has 0 atom stereocenters. The highest BCUT2D eigenvalue weighted by atomic mass is 35.5. The minimum absolute atomic E-state index is 0.0287. The molecule has 1 N–H and O–H groups in total. The third-order valence-corrected chi connectivity index (χ3v) is 5.71. The van der Waals surface area contributed by atoms with Crippen molar-refractivity contribution in [1.82, 2.24) is 10.2 Å². The van der Waals surface area contributed by atoms with Crippen LogP contribution >= 0.6 is 23.2 Å². The molecule has 0 unspecified atom stereocenters. The van der Waals surface area contributed by atoms with Crippen LogP contribution in [0.5, 0.6) is 0 Å². The Morgan fingerprint density at radius 1 is 0.962 bits per heavy atom. The molecule has 2 aromatic rings. The summed E-state index contributed by atoms with van der Waals surface area (Å²) < 4.78 is 0. The molecule has 1 amide bonds. The van der Waals surface area contributed by atoms with E-state index in [1.807, 2.05) is 42.5 Å². The van der Waals surface area contributed by atoms with Crippen LogP contribution in [0.3, 0.4) is 0 Å². The number of nitrogens with zero attached hydrogens (tertiary/aromatic N) is 1. The molecule has 5 heteroatoms. The predicted molar refractivity (Wildman–Crippen MR) is 106 cm³/mol. The van der Waals surface area contributed by atoms with Crippen molar-refractivity contribution in [1.29, 1.82) is 0 Å². The van der Waals surface area contributed by atoms with Gasteiger partial charge in [0.05, 0.1) is 0 Å². The molecule has 0 heterocycles. The zero-order chi connectivity index (χ0) is 18.1. The van der Waals surface area contributed by atoms with Crippen LogP contribution in [0.15, 0.2) is 42.5 Å². The third-order valence-electron chi connectivity index (χ3n) is 5.00. The van der Waals surface area contributed by atoms with Gasteiger partial charge in [-0.15, -0.1) is 0 Å². The maximum atomic E-state index is 12.1. The molecule has 0 bridgehead atoms. The van der Waals surface area contributed by atoms with E-state index in [0.717, 1.165) is 47.1 Å². The first-order chi connectivity index (χ1) is 12.6. The van der Waals surface area contributed by atoms with E-state index >= 15 is 0 Å². The average Bonchev–Trinajstić information content (AvgIpc) is 3.52. The topological polar surface area (TPSA) is 32.3 Å². The second-order valence-electron chi connectivity index (χ2n) is 7.28. The molecule has 2 fully saturated rings. The summed E-state index contributed by atoms with van der Waals surface area (Å²) in [6.07, 6.45) is 4.63. The highest BCUT2D eigenvalue weighted by Crippen LogP contribution is 2.33. The molecule has 0 radical (unpaired) electrons. The van der Waals surface area contributed by atoms with E-state index in [0.29, 0.717) is 12.1 Å². The smallest absolute Gasteiger partial charge is 0.251 e. The molecule has 0 aromatic heterocycles. The van der Waals surface area contributed by atoms with E-state index in [9.17, 15) is 4.79 Å². The van der Waals surface area contributed by atoms with Gasteiger partial charge >= 0.3 is 0 Å². The summed E-state index contributed by atoms with van der Waals surface area (Å²) in [5.41, 5.74) is 2.92. The van der Waals surface area contributed by atoms with Crippen molar-refractivity contribution < 1.29 is 4.79 Å². The molecule has 0 aliphatic heterocycles. The van der Waals surface area contributed by atoms with Crippen molar-refractivity contribution in [3.05, 3.63) is 69.2 Å². The van der Waals surface area contributed by atoms with E-state index in [-0.39, 0.29) is 5.91 Å². The van der Waals surface area contributed by atoms with Gasteiger partial charge < -0.3 is 5.32 Å². The summed E-state index contributed by atoms with van der Waals surface area (Å²) in [5.74, 6) is 0.0287. The Balaban J connectivity index is 1.44. The van der Waals surface area contributed by atoms with E-state index in [1.165, 1.54) is 18.4 Å². The summed E-state index contributed by atoms with van der Waals surface area (Å²) in [6, 6.07) is 14.6. The van der Waals surface area contributed by atoms with Gasteiger partial charge in [0.1, 0.15) is 0 Å². The van der Waals surface area contributed by atoms with Gasteiger partial charge in [0.25, 0.3) is 5.91 Å². The quantitative estimate of drug-likeness (QED) is 0.719. The lowest BCUT2D eigenvalue weighted by Crippen LogP contribution is -2.26. The first kappa shape index (κ1) is 17.8. The van der Waals surface area contributed by atoms with Gasteiger partial charge in [0.15, 0.2) is 0 Å². The number of carbonyl (C=O) groups is 1. The summed E-state index contributed by atoms with van der Waals surface area (Å²) in [4.78, 5) is 14.5. The van der Waals surface area contributed by atoms with Crippen LogP contribution in [0, 0.1) is 0 Å². The Hall–Kier alpha value is -1.55. The number of nitrogens with one attached hydrogen (secondary N) is 1. The molecule has 3 nitrogen and oxygen atoms in total. The van der Waals surface area contributed by atoms with Crippen molar-refractivity contribution in [3.63, 3.8) is 0 Å². The van der Waals surface area contributed by atoms with Gasteiger partial charge in [-0.05, 0) is 55.5 Å². The van der Waals surface area contributed by atoms with E-state index in [4.69, 9.17) is 23.2 Å². The second-order valence-corrected chi connectivity index (χ2v) is 8.10. The fourth-order valence-electron chi connectivity index (χ4n) is 3.13. The van der Waals surface area contributed by atoms with Crippen molar-refractivity contribution >= 4 is 29.1 Å². The van der Waals surface area contributed by atoms with Crippen molar-refractivity contribution in [2.24, 2.45) is 0 Å². The number of hydrogen-bond acceptors (Lipinski definition) is 2. The Labute approximate surface area is 164 Å². The molecule has 2 aliphatic rings. The number of hydrogen-bond donors (Lipinski definition) is 1. The Morgan fingerprint density at radius 3 is 2.19 bits per heavy atom. The second kappa shape index (κ2) is 7.59. The molecule has 2 aliphatic carbocycles. The molecule has 4 rings (SSSR count). The number of benzene rings is 2. The van der Waals surface area contributed by atoms with Crippen molar-refractivity contribution in [2.45, 2.75) is 50.9 Å². The normalized spacial score (nSPS) is 16.7. The van der Waals surface area contributed by atoms with E-state index < -0.39 is 0 Å². The molecular weight excluding hydrogens is 367 g/mol. The van der Waals surface area contributed by atoms with Crippen LogP contribution in [0.2, 0.25) is 10.0 Å². The monoisotopic (exact) mass is 388 g/mol. The molecule has 136 valence electrons. The fraction of sp³-hybridized carbons (Fsp3) is 0.381. The summed E-state index contributed by atoms with van der Waals surface area (Å²) >= 11 is 12.7. The number of carbonyl (C=O) groups excluding carboxylic acids is 1. The lowest BCUT2D eigenvalue weighted by molar-refractivity contribution is 0.0951. The molecule has 0 saturated heterocycles. The zero-order valence-electron chi connectivity index (χ0n) is 14.6. The van der Waals surface area contributed by atoms with Crippen LogP contribution in [0.4, 0.5) is 0 Å². The number of halogens is 2. The predicted octanol–water partition coefficient (Wildman–Crippen LogP) is 5.05. The zero-order valence-corrected chi connectivity index (χ0v) is 16.1. The van der Waals surface area contributed by atoms with Gasteiger partial charge in [-0.2, -0.15) is 0 Å². The Morgan fingerprint density at radius 2 is 1.62 bits per heavy atom. The standard InChI is InChI=1S/C21H22Cl2N2O/c22-19-2-1-3-20(23)18(19)13-25(17-10-11-17)12-14-4-6-15(7-5-14)21(26)24-16-8-9-16/h1-7,16-17H,8-13H2,(H,24,26). The van der Waals surface area contributed by atoms with E-state index in [1.54, 1.807) is 0 Å². The molecule has 2 aromatic carbocycles. The molecule has 2 saturated carbocycles. The highest BCUT2D eigenvalue weighted by Gasteiger charge is 2.30. The number of rotatable bonds is 7. The van der Waals surface area contributed by atoms with Crippen LogP contribution in [-0.4, -0.2) is 22.9 Å². The summed E-state index contributed by atoms with van der Waals surface area (Å²) in [5, 5.41) is 4.46. The molecule has 0 spiro atoms. The van der Waals surface area contributed by atoms with Gasteiger partial charge in [0, 0.05) is 46.3 Å². The lowest BCUT2D eigenvalue weighted by atomic mass is 10.1. The van der Waals surface area contributed by atoms with Gasteiger partial charge in [0.2, 0.25) is 0 Å². The van der Waals surface area contributed by atoms with Crippen LogP contribution in [0.25, 0.3) is 0 Å². The van der Waals surface area contributed by atoms with Gasteiger partial charge in [-0.1, -0.05) is 41.4 Å². The highest BCUT2D eigenvalue weighted by molar-refractivity contribution is 6.35. The first-order valence-corrected chi connectivity index (χ1v) is 9.92. The fourth-order valence-corrected chi connectivity index (χ4v) is 3.65. The van der Waals surface area contributed by atoms with Gasteiger partial charge in [-0.3, -0.25) is 9.69 Å².